The zero-order valence-corrected chi connectivity index (χ0v) is 17.4. The van der Waals surface area contributed by atoms with Crippen molar-refractivity contribution in [3.63, 3.8) is 0 Å². The van der Waals surface area contributed by atoms with Crippen molar-refractivity contribution < 1.29 is 19.4 Å². The number of piperidine rings is 1. The van der Waals surface area contributed by atoms with Gasteiger partial charge in [0.05, 0.1) is 0 Å². The molecule has 0 unspecified atom stereocenters. The Morgan fingerprint density at radius 1 is 1.15 bits per heavy atom. The van der Waals surface area contributed by atoms with Gasteiger partial charge in [-0.25, -0.2) is 0 Å². The van der Waals surface area contributed by atoms with E-state index in [-0.39, 0.29) is 37.3 Å². The molecule has 27 heavy (non-hydrogen) atoms. The smallest absolute Gasteiger partial charge is 0.313 e. The highest BCUT2D eigenvalue weighted by Crippen LogP contribution is 2.33. The maximum atomic E-state index is 11.9. The fourth-order valence-corrected chi connectivity index (χ4v) is 3.66. The van der Waals surface area contributed by atoms with Crippen molar-refractivity contribution in [2.24, 2.45) is 5.41 Å². The molecule has 0 aliphatic carbocycles. The highest BCUT2D eigenvalue weighted by Gasteiger charge is 2.43. The molecule has 1 N–H and O–H groups in total. The number of carbonyl (C=O) groups excluding carboxylic acids is 1. The summed E-state index contributed by atoms with van der Waals surface area (Å²) >= 11 is 0. The van der Waals surface area contributed by atoms with Gasteiger partial charge in [0, 0.05) is 33.1 Å². The van der Waals surface area contributed by atoms with Crippen LogP contribution in [0.1, 0.15) is 30.9 Å². The zero-order valence-electron chi connectivity index (χ0n) is 15.8. The molecule has 2 aliphatic heterocycles. The minimum atomic E-state index is -0.918. The monoisotopic (exact) mass is 418 g/mol. The van der Waals surface area contributed by atoms with E-state index in [1.54, 1.807) is 4.90 Å². The molecule has 1 amide bonds. The number of aliphatic carboxylic acids is 1. The molecule has 0 atom stereocenters. The molecule has 1 aromatic rings. The third kappa shape index (κ3) is 5.27. The Labute approximate surface area is 172 Å². The summed E-state index contributed by atoms with van der Waals surface area (Å²) in [4.78, 5) is 27.3. The number of fused-ring (bicyclic) bond motifs is 1. The summed E-state index contributed by atoms with van der Waals surface area (Å²) in [6, 6.07) is 6.05. The number of hydrogen-bond acceptors (Lipinski definition) is 4. The van der Waals surface area contributed by atoms with Crippen molar-refractivity contribution in [3.05, 3.63) is 29.3 Å². The topological polar surface area (TPSA) is 70.1 Å². The van der Waals surface area contributed by atoms with Crippen LogP contribution in [0.25, 0.3) is 0 Å². The molecule has 0 bridgehead atoms. The first-order valence-corrected chi connectivity index (χ1v) is 8.82. The zero-order chi connectivity index (χ0) is 18.0. The number of rotatable bonds is 4. The number of likely N-dealkylation sites (N-methyl/N-ethyl adjacent to an activating group) is 1. The number of nitrogens with zero attached hydrogens (tertiary/aromatic N) is 2. The van der Waals surface area contributed by atoms with E-state index in [0.29, 0.717) is 25.9 Å². The molecule has 2 aliphatic rings. The summed E-state index contributed by atoms with van der Waals surface area (Å²) in [5.74, 6) is -0.115. The van der Waals surface area contributed by atoms with Crippen LogP contribution in [0.5, 0.6) is 5.75 Å². The number of carboxylic acid groups (broad SMARTS) is 1. The Kier molecular flexibility index (Phi) is 8.39. The van der Waals surface area contributed by atoms with Crippen molar-refractivity contribution in [2.45, 2.75) is 32.7 Å². The van der Waals surface area contributed by atoms with Crippen LogP contribution in [-0.4, -0.2) is 60.1 Å². The van der Waals surface area contributed by atoms with Gasteiger partial charge in [-0.05, 0) is 49.6 Å². The molecule has 3 rings (SSSR count). The molecule has 1 fully saturated rings. The van der Waals surface area contributed by atoms with Crippen LogP contribution in [0, 0.1) is 5.41 Å². The van der Waals surface area contributed by atoms with E-state index < -0.39 is 11.4 Å². The third-order valence-electron chi connectivity index (χ3n) is 5.52. The molecule has 0 saturated carbocycles. The lowest BCUT2D eigenvalue weighted by molar-refractivity contribution is -0.156. The number of amides is 1. The highest BCUT2D eigenvalue weighted by atomic mass is 35.5. The van der Waals surface area contributed by atoms with E-state index in [1.807, 2.05) is 12.1 Å². The molecule has 1 aromatic carbocycles. The first-order chi connectivity index (χ1) is 11.9. The lowest BCUT2D eigenvalue weighted by Crippen LogP contribution is -2.48. The first kappa shape index (κ1) is 23.5. The molecular formula is C19H28Cl2N2O4. The van der Waals surface area contributed by atoms with Gasteiger partial charge in [-0.1, -0.05) is 6.07 Å². The summed E-state index contributed by atoms with van der Waals surface area (Å²) in [7, 11) is 2.10. The summed E-state index contributed by atoms with van der Waals surface area (Å²) in [5, 5.41) is 9.73. The van der Waals surface area contributed by atoms with E-state index in [4.69, 9.17) is 4.74 Å². The Bertz CT molecular complexity index is 676. The maximum absolute atomic E-state index is 11.9. The van der Waals surface area contributed by atoms with Crippen LogP contribution in [0.15, 0.2) is 18.2 Å². The molecule has 6 nitrogen and oxygen atoms in total. The maximum Gasteiger partial charge on any atom is 0.313 e. The number of likely N-dealkylation sites (tertiary alicyclic amines) is 1. The second-order valence-corrected chi connectivity index (χ2v) is 7.30. The molecule has 0 radical (unpaired) electrons. The minimum absolute atomic E-state index is 0. The fraction of sp³-hybridized carbons (Fsp3) is 0.579. The van der Waals surface area contributed by atoms with Crippen molar-refractivity contribution in [1.82, 2.24) is 9.80 Å². The summed E-state index contributed by atoms with van der Waals surface area (Å²) < 4.78 is 5.90. The molecule has 0 spiro atoms. The standard InChI is InChI=1S/C19H26N2O4.2ClH/c1-14(22)21-9-6-19(7-10-21,18(23)24)13-25-17-4-3-15-5-8-20(2)12-16(15)11-17;;/h3-4,11H,5-10,12-13H2,1-2H3,(H,23,24);2*1H. The van der Waals surface area contributed by atoms with Crippen LogP contribution in [0.2, 0.25) is 0 Å². The van der Waals surface area contributed by atoms with Gasteiger partial charge in [0.15, 0.2) is 0 Å². The minimum Gasteiger partial charge on any atom is -0.492 e. The van der Waals surface area contributed by atoms with Crippen molar-refractivity contribution in [3.8, 4) is 5.75 Å². The Balaban J connectivity index is 0.00000182. The second kappa shape index (κ2) is 9.62. The van der Waals surface area contributed by atoms with Crippen molar-refractivity contribution >= 4 is 36.7 Å². The van der Waals surface area contributed by atoms with Gasteiger partial charge in [-0.15, -0.1) is 24.8 Å². The number of carbonyl (C=O) groups is 2. The van der Waals surface area contributed by atoms with E-state index in [9.17, 15) is 14.7 Å². The number of halogens is 2. The number of ether oxygens (including phenoxy) is 1. The van der Waals surface area contributed by atoms with Gasteiger partial charge < -0.3 is 19.6 Å². The third-order valence-corrected chi connectivity index (χ3v) is 5.52. The van der Waals surface area contributed by atoms with Gasteiger partial charge in [0.2, 0.25) is 5.91 Å². The average molecular weight is 419 g/mol. The van der Waals surface area contributed by atoms with Crippen LogP contribution >= 0.6 is 24.8 Å². The van der Waals surface area contributed by atoms with Gasteiger partial charge in [0.1, 0.15) is 17.8 Å². The number of hydrogen-bond donors (Lipinski definition) is 1. The van der Waals surface area contributed by atoms with Gasteiger partial charge in [-0.2, -0.15) is 0 Å². The van der Waals surface area contributed by atoms with E-state index in [0.717, 1.165) is 25.3 Å². The van der Waals surface area contributed by atoms with Crippen molar-refractivity contribution in [1.29, 1.82) is 0 Å². The number of carboxylic acids is 1. The van der Waals surface area contributed by atoms with Crippen molar-refractivity contribution in [2.75, 3.05) is 33.3 Å². The summed E-state index contributed by atoms with van der Waals surface area (Å²) in [6.07, 6.45) is 1.89. The van der Waals surface area contributed by atoms with Crippen LogP contribution < -0.4 is 4.74 Å². The average Bonchev–Trinajstić information content (AvgIpc) is 2.59. The SMILES string of the molecule is CC(=O)N1CCC(COc2ccc3c(c2)CN(C)CC3)(C(=O)O)CC1.Cl.Cl. The first-order valence-electron chi connectivity index (χ1n) is 8.82. The fourth-order valence-electron chi connectivity index (χ4n) is 3.66. The van der Waals surface area contributed by atoms with Gasteiger partial charge in [0.25, 0.3) is 0 Å². The number of benzene rings is 1. The largest absolute Gasteiger partial charge is 0.492 e. The lowest BCUT2D eigenvalue weighted by atomic mass is 9.79. The van der Waals surface area contributed by atoms with Crippen LogP contribution in [-0.2, 0) is 22.6 Å². The molecule has 1 saturated heterocycles. The molecule has 8 heteroatoms. The Morgan fingerprint density at radius 3 is 2.41 bits per heavy atom. The molecule has 2 heterocycles. The quantitative estimate of drug-likeness (QED) is 0.813. The van der Waals surface area contributed by atoms with Crippen LogP contribution in [0.4, 0.5) is 0 Å². The molecule has 0 aromatic heterocycles. The van der Waals surface area contributed by atoms with E-state index >= 15 is 0 Å². The normalized spacial score (nSPS) is 18.5. The predicted molar refractivity (Wildman–Crippen MR) is 108 cm³/mol. The Hall–Kier alpha value is -1.50. The summed E-state index contributed by atoms with van der Waals surface area (Å²) in [5.41, 5.74) is 1.67. The van der Waals surface area contributed by atoms with E-state index in [2.05, 4.69) is 18.0 Å². The van der Waals surface area contributed by atoms with Crippen LogP contribution in [0.3, 0.4) is 0 Å². The molecule has 152 valence electrons. The Morgan fingerprint density at radius 2 is 1.81 bits per heavy atom. The van der Waals surface area contributed by atoms with Gasteiger partial charge >= 0.3 is 5.97 Å². The summed E-state index contributed by atoms with van der Waals surface area (Å²) in [6.45, 7) is 4.56. The molecular weight excluding hydrogens is 391 g/mol. The predicted octanol–water partition coefficient (Wildman–Crippen LogP) is 2.61. The van der Waals surface area contributed by atoms with E-state index in [1.165, 1.54) is 18.1 Å². The highest BCUT2D eigenvalue weighted by molar-refractivity contribution is 5.85. The lowest BCUT2D eigenvalue weighted by Gasteiger charge is -2.38. The van der Waals surface area contributed by atoms with Gasteiger partial charge in [-0.3, -0.25) is 9.59 Å². The second-order valence-electron chi connectivity index (χ2n) is 7.30.